The third-order valence-electron chi connectivity index (χ3n) is 10.5. The average Bonchev–Trinajstić information content (AvgIpc) is 3.73. The number of fused-ring (bicyclic) bond motifs is 7. The molecule has 0 saturated carbocycles. The van der Waals surface area contributed by atoms with Crippen LogP contribution in [-0.2, 0) is 38.9 Å². The SMILES string of the molecule is CN1[CH-]N(c2[c-]c(Oc3[c-]c4c(cc3)c3ccccc3n4-c3cc(C(C)(C)C)ccn3)cc(C(C)(C)C)c2)c2cc3c(cc21)c1ccccc1n3C.[Pt]. The van der Waals surface area contributed by atoms with Crippen LogP contribution in [-0.4, -0.2) is 21.2 Å². The van der Waals surface area contributed by atoms with Gasteiger partial charge < -0.3 is 23.7 Å². The molecule has 270 valence electrons. The summed E-state index contributed by atoms with van der Waals surface area (Å²) < 4.78 is 11.2. The molecule has 53 heavy (non-hydrogen) atoms. The second-order valence-corrected chi connectivity index (χ2v) is 16.1. The topological polar surface area (TPSA) is 38.5 Å². The molecule has 0 bridgehead atoms. The van der Waals surface area contributed by atoms with E-state index in [1.54, 1.807) is 0 Å². The van der Waals surface area contributed by atoms with E-state index in [0.29, 0.717) is 11.5 Å². The minimum Gasteiger partial charge on any atom is -0.509 e. The molecule has 0 amide bonds. The van der Waals surface area contributed by atoms with Crippen molar-refractivity contribution in [1.82, 2.24) is 14.1 Å². The first kappa shape index (κ1) is 35.0. The predicted molar refractivity (Wildman–Crippen MR) is 215 cm³/mol. The summed E-state index contributed by atoms with van der Waals surface area (Å²) in [6.45, 7) is 15.5. The summed E-state index contributed by atoms with van der Waals surface area (Å²) in [5.41, 5.74) is 9.85. The molecule has 4 heterocycles. The van der Waals surface area contributed by atoms with Crippen LogP contribution in [0.2, 0.25) is 0 Å². The van der Waals surface area contributed by atoms with Crippen LogP contribution in [0.15, 0.2) is 103 Å². The Morgan fingerprint density at radius 2 is 1.32 bits per heavy atom. The summed E-state index contributed by atoms with van der Waals surface area (Å²) in [5.74, 6) is 2.13. The maximum atomic E-state index is 6.73. The van der Waals surface area contributed by atoms with Crippen LogP contribution in [0.25, 0.3) is 49.4 Å². The molecule has 0 spiro atoms. The van der Waals surface area contributed by atoms with E-state index < -0.39 is 0 Å². The van der Waals surface area contributed by atoms with Gasteiger partial charge in [0.1, 0.15) is 5.82 Å². The molecule has 0 fully saturated rings. The molecule has 0 saturated heterocycles. The maximum Gasteiger partial charge on any atom is 0.135 e. The molecule has 1 aliphatic rings. The van der Waals surface area contributed by atoms with E-state index in [-0.39, 0.29) is 31.9 Å². The number of para-hydroxylation sites is 2. The standard InChI is InChI=1S/C46H42N5O.Pt/c1-45(2,3)29-19-20-47-44(23-29)51-39-16-12-10-13-34(39)36-18-17-32(25-41(36)51)52-33-22-30(46(4,5)6)21-31(24-33)50-28-48(7)42-26-37-35-14-9-11-15-38(35)49(8)40(37)27-43(42)50;/h9-23,26-28H,1-8H3;/q-3;. The summed E-state index contributed by atoms with van der Waals surface area (Å²) in [6.07, 6.45) is 1.90. The van der Waals surface area contributed by atoms with Crippen LogP contribution in [0.1, 0.15) is 52.7 Å². The van der Waals surface area contributed by atoms with Crippen molar-refractivity contribution < 1.29 is 25.8 Å². The molecule has 0 unspecified atom stereocenters. The molecule has 0 atom stereocenters. The van der Waals surface area contributed by atoms with Gasteiger partial charge in [0.05, 0.1) is 5.52 Å². The molecule has 1 aliphatic heterocycles. The monoisotopic (exact) mass is 875 g/mol. The van der Waals surface area contributed by atoms with E-state index in [2.05, 4.69) is 184 Å². The Balaban J connectivity index is 0.00000400. The van der Waals surface area contributed by atoms with Gasteiger partial charge in [-0.05, 0) is 65.2 Å². The van der Waals surface area contributed by atoms with Crippen molar-refractivity contribution in [2.24, 2.45) is 7.05 Å². The fourth-order valence-electron chi connectivity index (χ4n) is 7.59. The molecule has 9 rings (SSSR count). The van der Waals surface area contributed by atoms with Gasteiger partial charge in [0.25, 0.3) is 0 Å². The van der Waals surface area contributed by atoms with E-state index in [1.165, 1.54) is 27.4 Å². The van der Waals surface area contributed by atoms with Gasteiger partial charge in [-0.2, -0.15) is 12.7 Å². The Morgan fingerprint density at radius 3 is 2.06 bits per heavy atom. The summed E-state index contributed by atoms with van der Waals surface area (Å²) in [6, 6.07) is 41.8. The first-order valence-electron chi connectivity index (χ1n) is 17.9. The molecular weight excluding hydrogens is 834 g/mol. The largest absolute Gasteiger partial charge is 0.509 e. The van der Waals surface area contributed by atoms with Crippen molar-refractivity contribution in [3.05, 3.63) is 133 Å². The summed E-state index contributed by atoms with van der Waals surface area (Å²) in [5, 5.41) is 4.76. The second-order valence-electron chi connectivity index (χ2n) is 16.1. The molecule has 0 radical (unpaired) electrons. The molecule has 0 aliphatic carbocycles. The zero-order valence-electron chi connectivity index (χ0n) is 31.4. The van der Waals surface area contributed by atoms with Crippen molar-refractivity contribution in [3.8, 4) is 17.3 Å². The van der Waals surface area contributed by atoms with Gasteiger partial charge in [-0.3, -0.25) is 0 Å². The molecule has 6 nitrogen and oxygen atoms in total. The van der Waals surface area contributed by atoms with Gasteiger partial charge in [0, 0.05) is 79.0 Å². The number of hydrogen-bond acceptors (Lipinski definition) is 4. The van der Waals surface area contributed by atoms with E-state index in [9.17, 15) is 0 Å². The minimum absolute atomic E-state index is 0. The number of nitrogens with zero attached hydrogens (tertiary/aromatic N) is 5. The molecule has 0 N–H and O–H groups in total. The number of rotatable bonds is 4. The molecule has 7 heteroatoms. The van der Waals surface area contributed by atoms with E-state index in [1.807, 2.05) is 12.3 Å². The Bertz CT molecular complexity index is 2710. The van der Waals surface area contributed by atoms with Crippen LogP contribution in [0, 0.1) is 18.8 Å². The first-order chi connectivity index (χ1) is 24.8. The smallest absolute Gasteiger partial charge is 0.135 e. The molecule has 3 aromatic heterocycles. The van der Waals surface area contributed by atoms with E-state index in [0.717, 1.165) is 50.2 Å². The fraction of sp³-hybridized carbons (Fsp3) is 0.217. The number of ether oxygens (including phenoxy) is 1. The summed E-state index contributed by atoms with van der Waals surface area (Å²) in [4.78, 5) is 9.27. The maximum absolute atomic E-state index is 6.73. The van der Waals surface area contributed by atoms with E-state index in [4.69, 9.17) is 9.72 Å². The second kappa shape index (κ2) is 12.5. The van der Waals surface area contributed by atoms with Crippen molar-refractivity contribution in [2.45, 2.75) is 52.4 Å². The van der Waals surface area contributed by atoms with Gasteiger partial charge in [-0.15, -0.1) is 47.0 Å². The Hall–Kier alpha value is -5.06. The number of pyridine rings is 1. The molecular formula is C46H42N5OPt-3. The molecule has 8 aromatic rings. The van der Waals surface area contributed by atoms with E-state index >= 15 is 0 Å². The summed E-state index contributed by atoms with van der Waals surface area (Å²) in [7, 11) is 4.25. The van der Waals surface area contributed by atoms with Crippen molar-refractivity contribution in [1.29, 1.82) is 0 Å². The molecule has 5 aromatic carbocycles. The van der Waals surface area contributed by atoms with Crippen LogP contribution >= 0.6 is 0 Å². The first-order valence-corrected chi connectivity index (χ1v) is 17.9. The van der Waals surface area contributed by atoms with Gasteiger partial charge in [-0.1, -0.05) is 83.5 Å². The van der Waals surface area contributed by atoms with Crippen LogP contribution in [0.5, 0.6) is 11.5 Å². The predicted octanol–water partition coefficient (Wildman–Crippen LogP) is 11.5. The van der Waals surface area contributed by atoms with Gasteiger partial charge >= 0.3 is 0 Å². The number of anilines is 3. The summed E-state index contributed by atoms with van der Waals surface area (Å²) >= 11 is 0. The Kier molecular flexibility index (Phi) is 8.27. The van der Waals surface area contributed by atoms with Crippen LogP contribution < -0.4 is 14.5 Å². The van der Waals surface area contributed by atoms with Crippen molar-refractivity contribution in [2.75, 3.05) is 16.8 Å². The van der Waals surface area contributed by atoms with Crippen molar-refractivity contribution >= 4 is 60.7 Å². The zero-order valence-corrected chi connectivity index (χ0v) is 33.6. The number of aromatic nitrogens is 3. The minimum atomic E-state index is -0.125. The zero-order chi connectivity index (χ0) is 36.1. The quantitative estimate of drug-likeness (QED) is 0.165. The fourth-order valence-corrected chi connectivity index (χ4v) is 7.59. The normalized spacial score (nSPS) is 13.4. The van der Waals surface area contributed by atoms with Gasteiger partial charge in [-0.25, -0.2) is 4.98 Å². The number of hydrogen-bond donors (Lipinski definition) is 0. The third-order valence-corrected chi connectivity index (χ3v) is 10.5. The third kappa shape index (κ3) is 5.79. The van der Waals surface area contributed by atoms with Crippen LogP contribution in [0.4, 0.5) is 17.1 Å². The number of benzene rings is 5. The Labute approximate surface area is 325 Å². The average molecular weight is 876 g/mol. The number of aryl methyl sites for hydroxylation is 1. The Morgan fingerprint density at radius 1 is 0.623 bits per heavy atom. The van der Waals surface area contributed by atoms with Crippen molar-refractivity contribution in [3.63, 3.8) is 0 Å². The van der Waals surface area contributed by atoms with Gasteiger partial charge in [0.15, 0.2) is 0 Å². The van der Waals surface area contributed by atoms with Crippen LogP contribution in [0.3, 0.4) is 0 Å². The van der Waals surface area contributed by atoms with Gasteiger partial charge in [0.2, 0.25) is 0 Å².